The molecule has 1 N–H and O–H groups in total. The maximum atomic E-state index is 13.7. The smallest absolute Gasteiger partial charge is 0.339 e. The molecule has 1 aromatic heterocycles. The van der Waals surface area contributed by atoms with Gasteiger partial charge in [-0.1, -0.05) is 25.1 Å². The van der Waals surface area contributed by atoms with Gasteiger partial charge in [0.05, 0.1) is 17.9 Å². The zero-order valence-electron chi connectivity index (χ0n) is 16.3. The van der Waals surface area contributed by atoms with Gasteiger partial charge < -0.3 is 10.0 Å². The van der Waals surface area contributed by atoms with Gasteiger partial charge in [-0.05, 0) is 44.2 Å². The van der Waals surface area contributed by atoms with Crippen molar-refractivity contribution in [3.63, 3.8) is 0 Å². The molecule has 150 valence electrons. The Morgan fingerprint density at radius 2 is 1.96 bits per heavy atom. The minimum Gasteiger partial charge on any atom is -0.478 e. The summed E-state index contributed by atoms with van der Waals surface area (Å²) in [6.07, 6.45) is 4.03. The van der Waals surface area contributed by atoms with Crippen LogP contribution >= 0.6 is 0 Å². The molecule has 28 heavy (non-hydrogen) atoms. The molecule has 2 aromatic rings. The molecule has 1 aromatic carbocycles. The summed E-state index contributed by atoms with van der Waals surface area (Å²) in [5.74, 6) is -1.27. The largest absolute Gasteiger partial charge is 0.478 e. The van der Waals surface area contributed by atoms with E-state index < -0.39 is 5.97 Å². The quantitative estimate of drug-likeness (QED) is 0.824. The fourth-order valence-electron chi connectivity index (χ4n) is 3.84. The van der Waals surface area contributed by atoms with E-state index in [-0.39, 0.29) is 29.2 Å². The zero-order chi connectivity index (χ0) is 20.3. The first-order valence-corrected chi connectivity index (χ1v) is 9.68. The third-order valence-corrected chi connectivity index (χ3v) is 5.62. The maximum Gasteiger partial charge on any atom is 0.339 e. The predicted octanol–water partition coefficient (Wildman–Crippen LogP) is 3.46. The number of hydrogen-bond donors (Lipinski definition) is 1. The molecule has 1 aliphatic heterocycles. The highest BCUT2D eigenvalue weighted by molar-refractivity contribution is 5.88. The number of likely N-dealkylation sites (tertiary alicyclic amines) is 1. The molecule has 1 aliphatic rings. The normalized spacial score (nSPS) is 16.2. The number of aromatic nitrogens is 2. The van der Waals surface area contributed by atoms with Crippen molar-refractivity contribution in [1.29, 1.82) is 0 Å². The van der Waals surface area contributed by atoms with E-state index in [0.717, 1.165) is 12.8 Å². The molecule has 6 nitrogen and oxygen atoms in total. The lowest BCUT2D eigenvalue weighted by Crippen LogP contribution is -2.42. The molecule has 0 radical (unpaired) electrons. The van der Waals surface area contributed by atoms with Gasteiger partial charge in [0.25, 0.3) is 0 Å². The van der Waals surface area contributed by atoms with E-state index in [1.165, 1.54) is 12.3 Å². The zero-order valence-corrected chi connectivity index (χ0v) is 16.3. The van der Waals surface area contributed by atoms with Crippen molar-refractivity contribution in [3.05, 3.63) is 53.1 Å². The minimum atomic E-state index is -0.972. The van der Waals surface area contributed by atoms with E-state index >= 15 is 0 Å². The third-order valence-electron chi connectivity index (χ3n) is 5.62. The number of carboxylic acids is 1. The number of carboxylic acid groups (broad SMARTS) is 1. The van der Waals surface area contributed by atoms with Crippen LogP contribution in [0.3, 0.4) is 0 Å². The first kappa shape index (κ1) is 20.0. The van der Waals surface area contributed by atoms with Gasteiger partial charge in [0.15, 0.2) is 0 Å². The Morgan fingerprint density at radius 1 is 1.29 bits per heavy atom. The molecule has 0 saturated carbocycles. The summed E-state index contributed by atoms with van der Waals surface area (Å²) >= 11 is 0. The predicted molar refractivity (Wildman–Crippen MR) is 103 cm³/mol. The van der Waals surface area contributed by atoms with Gasteiger partial charge in [0.1, 0.15) is 11.4 Å². The van der Waals surface area contributed by atoms with E-state index in [2.05, 4.69) is 5.10 Å². The maximum absolute atomic E-state index is 13.7. The molecule has 0 aliphatic carbocycles. The Morgan fingerprint density at radius 3 is 2.57 bits per heavy atom. The monoisotopic (exact) mass is 387 g/mol. The number of aromatic carboxylic acids is 1. The van der Waals surface area contributed by atoms with Gasteiger partial charge in [0, 0.05) is 19.0 Å². The Balaban J connectivity index is 1.53. The fraction of sp³-hybridized carbons (Fsp3) is 0.476. The number of amides is 1. The summed E-state index contributed by atoms with van der Waals surface area (Å²) in [6, 6.07) is 6.78. The van der Waals surface area contributed by atoms with Crippen LogP contribution in [-0.2, 0) is 11.2 Å². The van der Waals surface area contributed by atoms with Crippen LogP contribution in [0.4, 0.5) is 4.39 Å². The molecule has 1 fully saturated rings. The van der Waals surface area contributed by atoms with Crippen molar-refractivity contribution in [1.82, 2.24) is 14.7 Å². The number of halogens is 1. The second-order valence-corrected chi connectivity index (χ2v) is 7.48. The molecule has 0 bridgehead atoms. The number of hydrogen-bond acceptors (Lipinski definition) is 3. The lowest BCUT2D eigenvalue weighted by molar-refractivity contribution is -0.136. The molecule has 1 unspecified atom stereocenters. The van der Waals surface area contributed by atoms with Crippen molar-refractivity contribution in [2.45, 2.75) is 45.6 Å². The number of carbonyl (C=O) groups is 2. The third kappa shape index (κ3) is 4.24. The van der Waals surface area contributed by atoms with Gasteiger partial charge in [-0.2, -0.15) is 5.10 Å². The fourth-order valence-corrected chi connectivity index (χ4v) is 3.84. The summed E-state index contributed by atoms with van der Waals surface area (Å²) in [5.41, 5.74) is 1.51. The summed E-state index contributed by atoms with van der Waals surface area (Å²) in [7, 11) is 0. The Kier molecular flexibility index (Phi) is 6.11. The van der Waals surface area contributed by atoms with E-state index in [9.17, 15) is 19.1 Å². The van der Waals surface area contributed by atoms with Crippen LogP contribution in [0.25, 0.3) is 0 Å². The van der Waals surface area contributed by atoms with Crippen molar-refractivity contribution in [2.75, 3.05) is 13.1 Å². The molecule has 1 amide bonds. The van der Waals surface area contributed by atoms with E-state index in [1.54, 1.807) is 23.7 Å². The highest BCUT2D eigenvalue weighted by Crippen LogP contribution is 2.26. The number of piperidine rings is 1. The Bertz CT molecular complexity index is 856. The first-order chi connectivity index (χ1) is 13.4. The van der Waals surface area contributed by atoms with Crippen LogP contribution in [-0.4, -0.2) is 44.8 Å². The molecule has 3 rings (SSSR count). The van der Waals surface area contributed by atoms with E-state index in [0.29, 0.717) is 37.2 Å². The summed E-state index contributed by atoms with van der Waals surface area (Å²) in [4.78, 5) is 25.8. The highest BCUT2D eigenvalue weighted by atomic mass is 19.1. The van der Waals surface area contributed by atoms with Crippen LogP contribution in [0.2, 0.25) is 0 Å². The first-order valence-electron chi connectivity index (χ1n) is 9.68. The summed E-state index contributed by atoms with van der Waals surface area (Å²) in [6.45, 7) is 4.90. The van der Waals surface area contributed by atoms with Gasteiger partial charge in [-0.25, -0.2) is 9.18 Å². The van der Waals surface area contributed by atoms with Crippen LogP contribution in [0.15, 0.2) is 30.5 Å². The number of benzene rings is 1. The van der Waals surface area contributed by atoms with Crippen LogP contribution in [0.5, 0.6) is 0 Å². The van der Waals surface area contributed by atoms with Crippen LogP contribution in [0, 0.1) is 18.7 Å². The van der Waals surface area contributed by atoms with Gasteiger partial charge in [0.2, 0.25) is 5.91 Å². The molecular formula is C21H26FN3O3. The standard InChI is InChI=1S/C21H26FN3O3/c1-14(7-8-16-5-3-4-6-19(16)22)20(26)24-11-9-17(10-12-24)25-15(2)18(13-23-25)21(27)28/h3-6,13-14,17H,7-12H2,1-2H3,(H,27,28). The lowest BCUT2D eigenvalue weighted by atomic mass is 9.97. The average molecular weight is 387 g/mol. The van der Waals surface area contributed by atoms with Crippen molar-refractivity contribution >= 4 is 11.9 Å². The lowest BCUT2D eigenvalue weighted by Gasteiger charge is -2.34. The number of aryl methyl sites for hydroxylation is 1. The second kappa shape index (κ2) is 8.54. The van der Waals surface area contributed by atoms with Crippen molar-refractivity contribution in [3.8, 4) is 0 Å². The Hall–Kier alpha value is -2.70. The van der Waals surface area contributed by atoms with Crippen LogP contribution in [0.1, 0.15) is 53.8 Å². The minimum absolute atomic E-state index is 0.0956. The number of nitrogens with zero attached hydrogens (tertiary/aromatic N) is 3. The summed E-state index contributed by atoms with van der Waals surface area (Å²) in [5, 5.41) is 13.4. The topological polar surface area (TPSA) is 75.4 Å². The highest BCUT2D eigenvalue weighted by Gasteiger charge is 2.28. The van der Waals surface area contributed by atoms with Crippen LogP contribution < -0.4 is 0 Å². The number of rotatable bonds is 6. The van der Waals surface area contributed by atoms with Crippen molar-refractivity contribution < 1.29 is 19.1 Å². The van der Waals surface area contributed by atoms with Gasteiger partial charge in [-0.15, -0.1) is 0 Å². The molecule has 0 spiro atoms. The molecular weight excluding hydrogens is 361 g/mol. The average Bonchev–Trinajstić information content (AvgIpc) is 3.08. The SMILES string of the molecule is Cc1c(C(=O)O)cnn1C1CCN(C(=O)C(C)CCc2ccccc2F)CC1. The van der Waals surface area contributed by atoms with Gasteiger partial charge in [-0.3, -0.25) is 9.48 Å². The van der Waals surface area contributed by atoms with E-state index in [1.807, 2.05) is 17.9 Å². The number of carbonyl (C=O) groups excluding carboxylic acids is 1. The van der Waals surface area contributed by atoms with Gasteiger partial charge >= 0.3 is 5.97 Å². The molecule has 2 heterocycles. The molecule has 7 heteroatoms. The molecule has 1 saturated heterocycles. The van der Waals surface area contributed by atoms with Crippen molar-refractivity contribution in [2.24, 2.45) is 5.92 Å². The van der Waals surface area contributed by atoms with E-state index in [4.69, 9.17) is 0 Å². The second-order valence-electron chi connectivity index (χ2n) is 7.48. The molecule has 1 atom stereocenters. The summed E-state index contributed by atoms with van der Waals surface area (Å²) < 4.78 is 15.5. The Labute approximate surface area is 164 Å².